The van der Waals surface area contributed by atoms with Crippen molar-refractivity contribution in [1.29, 1.82) is 0 Å². The van der Waals surface area contributed by atoms with Gasteiger partial charge in [-0.05, 0) is 12.1 Å². The summed E-state index contributed by atoms with van der Waals surface area (Å²) in [7, 11) is 1.74. The van der Waals surface area contributed by atoms with E-state index in [0.717, 1.165) is 11.0 Å². The van der Waals surface area contributed by atoms with Gasteiger partial charge in [-0.1, -0.05) is 18.2 Å². The summed E-state index contributed by atoms with van der Waals surface area (Å²) < 4.78 is 3.22. The zero-order valence-corrected chi connectivity index (χ0v) is 10.9. The Morgan fingerprint density at radius 1 is 1.37 bits per heavy atom. The second kappa shape index (κ2) is 5.56. The fourth-order valence-corrected chi connectivity index (χ4v) is 2.07. The molecule has 2 aromatic rings. The van der Waals surface area contributed by atoms with E-state index in [1.54, 1.807) is 22.3 Å². The van der Waals surface area contributed by atoms with E-state index >= 15 is 0 Å². The second-order valence-corrected chi connectivity index (χ2v) is 4.32. The maximum absolute atomic E-state index is 12.1. The molecule has 0 radical (unpaired) electrons. The summed E-state index contributed by atoms with van der Waals surface area (Å²) in [5.74, 6) is -0.0836. The largest absolute Gasteiger partial charge is 0.353 e. The lowest BCUT2D eigenvalue weighted by molar-refractivity contribution is -0.121. The average molecular weight is 259 g/mol. The standard InChI is InChI=1S/C14H17N3O2/c1-3-9-15-13(18)8-10-17-12-7-5-4-6-11(12)16(2)14(17)19/h3-7H,1,8-10H2,2H3,(H,15,18). The highest BCUT2D eigenvalue weighted by molar-refractivity contribution is 5.77. The van der Waals surface area contributed by atoms with E-state index in [4.69, 9.17) is 0 Å². The molecule has 19 heavy (non-hydrogen) atoms. The molecule has 5 nitrogen and oxygen atoms in total. The topological polar surface area (TPSA) is 56.0 Å². The number of amides is 1. The second-order valence-electron chi connectivity index (χ2n) is 4.32. The van der Waals surface area contributed by atoms with Gasteiger partial charge < -0.3 is 5.32 Å². The summed E-state index contributed by atoms with van der Waals surface area (Å²) in [4.78, 5) is 23.6. The third kappa shape index (κ3) is 2.59. The van der Waals surface area contributed by atoms with Crippen LogP contribution in [0.4, 0.5) is 0 Å². The lowest BCUT2D eigenvalue weighted by atomic mass is 10.3. The highest BCUT2D eigenvalue weighted by atomic mass is 16.2. The number of imidazole rings is 1. The predicted octanol–water partition coefficient (Wildman–Crippen LogP) is 1.03. The van der Waals surface area contributed by atoms with Crippen LogP contribution in [0.2, 0.25) is 0 Å². The molecule has 2 rings (SSSR count). The summed E-state index contributed by atoms with van der Waals surface area (Å²) in [5.41, 5.74) is 1.63. The van der Waals surface area contributed by atoms with Crippen LogP contribution in [0.15, 0.2) is 41.7 Å². The summed E-state index contributed by atoms with van der Waals surface area (Å²) in [6, 6.07) is 7.56. The molecule has 100 valence electrons. The van der Waals surface area contributed by atoms with Crippen LogP contribution in [0.3, 0.4) is 0 Å². The van der Waals surface area contributed by atoms with Crippen LogP contribution >= 0.6 is 0 Å². The Hall–Kier alpha value is -2.30. The first-order valence-corrected chi connectivity index (χ1v) is 6.17. The number of fused-ring (bicyclic) bond motifs is 1. The van der Waals surface area contributed by atoms with Gasteiger partial charge in [-0.25, -0.2) is 4.79 Å². The van der Waals surface area contributed by atoms with Crippen LogP contribution in [0.1, 0.15) is 6.42 Å². The minimum atomic E-state index is -0.0993. The number of para-hydroxylation sites is 2. The molecule has 0 bridgehead atoms. The van der Waals surface area contributed by atoms with Gasteiger partial charge in [0.1, 0.15) is 0 Å². The fraction of sp³-hybridized carbons (Fsp3) is 0.286. The van der Waals surface area contributed by atoms with Crippen LogP contribution in [-0.4, -0.2) is 21.6 Å². The van der Waals surface area contributed by atoms with E-state index in [1.807, 2.05) is 24.3 Å². The summed E-state index contributed by atoms with van der Waals surface area (Å²) >= 11 is 0. The number of benzene rings is 1. The van der Waals surface area contributed by atoms with Crippen LogP contribution in [0.5, 0.6) is 0 Å². The van der Waals surface area contributed by atoms with Crippen molar-refractivity contribution in [2.45, 2.75) is 13.0 Å². The minimum Gasteiger partial charge on any atom is -0.353 e. The van der Waals surface area contributed by atoms with Crippen LogP contribution in [0.25, 0.3) is 11.0 Å². The molecule has 1 amide bonds. The molecule has 0 saturated heterocycles. The number of aryl methyl sites for hydroxylation is 2. The van der Waals surface area contributed by atoms with Gasteiger partial charge in [-0.15, -0.1) is 6.58 Å². The van der Waals surface area contributed by atoms with Crippen molar-refractivity contribution >= 4 is 16.9 Å². The highest BCUT2D eigenvalue weighted by Crippen LogP contribution is 2.11. The number of nitrogens with zero attached hydrogens (tertiary/aromatic N) is 2. The van der Waals surface area contributed by atoms with Crippen molar-refractivity contribution in [3.05, 3.63) is 47.4 Å². The number of carbonyl (C=O) groups excluding carboxylic acids is 1. The van der Waals surface area contributed by atoms with E-state index in [1.165, 1.54) is 0 Å². The number of nitrogens with one attached hydrogen (secondary N) is 1. The van der Waals surface area contributed by atoms with Gasteiger partial charge in [0.15, 0.2) is 0 Å². The molecule has 0 atom stereocenters. The first kappa shape index (κ1) is 13.1. The van der Waals surface area contributed by atoms with Crippen molar-refractivity contribution in [2.75, 3.05) is 6.54 Å². The first-order valence-electron chi connectivity index (χ1n) is 6.17. The zero-order valence-electron chi connectivity index (χ0n) is 10.9. The van der Waals surface area contributed by atoms with E-state index in [9.17, 15) is 9.59 Å². The number of rotatable bonds is 5. The van der Waals surface area contributed by atoms with Gasteiger partial charge in [-0.3, -0.25) is 13.9 Å². The van der Waals surface area contributed by atoms with Crippen molar-refractivity contribution in [3.8, 4) is 0 Å². The van der Waals surface area contributed by atoms with Gasteiger partial charge in [0.2, 0.25) is 5.91 Å². The van der Waals surface area contributed by atoms with E-state index < -0.39 is 0 Å². The SMILES string of the molecule is C=CCNC(=O)CCn1c(=O)n(C)c2ccccc21. The van der Waals surface area contributed by atoms with Gasteiger partial charge in [-0.2, -0.15) is 0 Å². The third-order valence-electron chi connectivity index (χ3n) is 3.06. The minimum absolute atomic E-state index is 0.0836. The Morgan fingerprint density at radius 2 is 2.05 bits per heavy atom. The van der Waals surface area contributed by atoms with Gasteiger partial charge in [0.05, 0.1) is 11.0 Å². The van der Waals surface area contributed by atoms with Crippen molar-refractivity contribution in [1.82, 2.24) is 14.5 Å². The maximum Gasteiger partial charge on any atom is 0.328 e. The quantitative estimate of drug-likeness (QED) is 0.815. The lowest BCUT2D eigenvalue weighted by Gasteiger charge is -2.03. The highest BCUT2D eigenvalue weighted by Gasteiger charge is 2.10. The van der Waals surface area contributed by atoms with Gasteiger partial charge >= 0.3 is 5.69 Å². The molecular formula is C14H17N3O2. The van der Waals surface area contributed by atoms with Gasteiger partial charge in [0.25, 0.3) is 0 Å². The fourth-order valence-electron chi connectivity index (χ4n) is 2.07. The molecule has 0 aliphatic carbocycles. The molecule has 0 fully saturated rings. The molecule has 0 spiro atoms. The van der Waals surface area contributed by atoms with E-state index in [-0.39, 0.29) is 18.0 Å². The Bertz CT molecular complexity index is 667. The van der Waals surface area contributed by atoms with Crippen molar-refractivity contribution in [3.63, 3.8) is 0 Å². The summed E-state index contributed by atoms with van der Waals surface area (Å²) in [6.07, 6.45) is 1.91. The van der Waals surface area contributed by atoms with E-state index in [0.29, 0.717) is 13.1 Å². The molecule has 1 N–H and O–H groups in total. The average Bonchev–Trinajstić information content (AvgIpc) is 2.67. The molecule has 0 aliphatic heterocycles. The smallest absolute Gasteiger partial charge is 0.328 e. The number of aromatic nitrogens is 2. The number of hydrogen-bond acceptors (Lipinski definition) is 2. The molecule has 1 aromatic carbocycles. The molecule has 0 aliphatic rings. The number of hydrogen-bond donors (Lipinski definition) is 1. The van der Waals surface area contributed by atoms with E-state index in [2.05, 4.69) is 11.9 Å². The summed E-state index contributed by atoms with van der Waals surface area (Å²) in [5, 5.41) is 2.70. The maximum atomic E-state index is 12.1. The predicted molar refractivity (Wildman–Crippen MR) is 75.0 cm³/mol. The molecule has 1 heterocycles. The molecule has 1 aromatic heterocycles. The number of carbonyl (C=O) groups is 1. The zero-order chi connectivity index (χ0) is 13.8. The normalized spacial score (nSPS) is 10.6. The molecule has 0 saturated carbocycles. The Balaban J connectivity index is 2.21. The Morgan fingerprint density at radius 3 is 2.74 bits per heavy atom. The molecule has 0 unspecified atom stereocenters. The summed E-state index contributed by atoms with van der Waals surface area (Å²) in [6.45, 7) is 4.36. The van der Waals surface area contributed by atoms with Crippen molar-refractivity contribution < 1.29 is 4.79 Å². The Labute approximate surface area is 111 Å². The van der Waals surface area contributed by atoms with Crippen LogP contribution in [-0.2, 0) is 18.4 Å². The Kier molecular flexibility index (Phi) is 3.85. The van der Waals surface area contributed by atoms with Crippen LogP contribution < -0.4 is 11.0 Å². The molecular weight excluding hydrogens is 242 g/mol. The third-order valence-corrected chi connectivity index (χ3v) is 3.06. The van der Waals surface area contributed by atoms with Crippen molar-refractivity contribution in [2.24, 2.45) is 7.05 Å². The van der Waals surface area contributed by atoms with Gasteiger partial charge in [0, 0.05) is 26.6 Å². The molecule has 5 heteroatoms. The first-order chi connectivity index (χ1) is 9.15. The lowest BCUT2D eigenvalue weighted by Crippen LogP contribution is -2.28. The monoisotopic (exact) mass is 259 g/mol. The van der Waals surface area contributed by atoms with Crippen LogP contribution in [0, 0.1) is 0 Å².